The van der Waals surface area contributed by atoms with E-state index in [1.807, 2.05) is 7.05 Å². The van der Waals surface area contributed by atoms with Crippen molar-refractivity contribution >= 4 is 0 Å². The fraction of sp³-hybridized carbons (Fsp3) is 1.00. The molecule has 0 amide bonds. The van der Waals surface area contributed by atoms with Gasteiger partial charge in [-0.3, -0.25) is 0 Å². The van der Waals surface area contributed by atoms with Gasteiger partial charge in [-0.25, -0.2) is 5.32 Å². The molecule has 0 bridgehead atoms. The highest BCUT2D eigenvalue weighted by molar-refractivity contribution is 4.72. The highest BCUT2D eigenvalue weighted by Gasteiger charge is 2.09. The maximum Gasteiger partial charge on any atom is 0.0287 e. The molecule has 1 unspecified atom stereocenters. The number of piperidine rings is 1. The maximum atomic E-state index is 4.27. The summed E-state index contributed by atoms with van der Waals surface area (Å²) in [5.41, 5.74) is 0. The first-order chi connectivity index (χ1) is 3.93. The molecule has 1 aliphatic heterocycles. The van der Waals surface area contributed by atoms with E-state index in [0.29, 0.717) is 6.04 Å². The van der Waals surface area contributed by atoms with Gasteiger partial charge in [0, 0.05) is 19.1 Å². The molecule has 1 atom stereocenters. The molecule has 0 aromatic rings. The predicted octanol–water partition coefficient (Wildman–Crippen LogP) is -0.0274. The molecule has 0 aromatic heterocycles. The van der Waals surface area contributed by atoms with Gasteiger partial charge in [-0.05, 0) is 19.9 Å². The highest BCUT2D eigenvalue weighted by atomic mass is 15.0. The van der Waals surface area contributed by atoms with Crippen LogP contribution >= 0.6 is 0 Å². The molecule has 0 spiro atoms. The molecule has 0 aromatic carbocycles. The first-order valence-electron chi connectivity index (χ1n) is 3.24. The Morgan fingerprint density at radius 1 is 1.62 bits per heavy atom. The van der Waals surface area contributed by atoms with Crippen LogP contribution in [-0.4, -0.2) is 26.2 Å². The van der Waals surface area contributed by atoms with Crippen LogP contribution in [0.2, 0.25) is 0 Å². The average molecular weight is 113 g/mol. The molecular weight excluding hydrogens is 100 g/mol. The average Bonchev–Trinajstić information content (AvgIpc) is 1.90. The predicted molar refractivity (Wildman–Crippen MR) is 33.9 cm³/mol. The van der Waals surface area contributed by atoms with Crippen LogP contribution in [0.15, 0.2) is 0 Å². The standard InChI is InChI=1S/C6H13N2/c1-7-6-3-2-4-8-5-6/h6-7H,2-5H2,1H3. The second-order valence-corrected chi connectivity index (χ2v) is 2.26. The molecule has 0 saturated carbocycles. The van der Waals surface area contributed by atoms with Crippen molar-refractivity contribution in [3.05, 3.63) is 0 Å². The van der Waals surface area contributed by atoms with Crippen LogP contribution in [0.1, 0.15) is 12.8 Å². The van der Waals surface area contributed by atoms with Gasteiger partial charge in [-0.2, -0.15) is 0 Å². The number of likely N-dealkylation sites (N-methyl/N-ethyl adjacent to an activating group) is 1. The van der Waals surface area contributed by atoms with Crippen molar-refractivity contribution in [3.8, 4) is 0 Å². The van der Waals surface area contributed by atoms with Gasteiger partial charge in [0.05, 0.1) is 0 Å². The summed E-state index contributed by atoms with van der Waals surface area (Å²) >= 11 is 0. The molecule has 8 heavy (non-hydrogen) atoms. The first kappa shape index (κ1) is 6.05. The molecule has 1 heterocycles. The molecule has 1 fully saturated rings. The third-order valence-corrected chi connectivity index (χ3v) is 1.63. The largest absolute Gasteiger partial charge is 0.316 e. The summed E-state index contributed by atoms with van der Waals surface area (Å²) in [5, 5.41) is 7.48. The van der Waals surface area contributed by atoms with Crippen LogP contribution in [-0.2, 0) is 0 Å². The van der Waals surface area contributed by atoms with Crippen LogP contribution in [0.5, 0.6) is 0 Å². The maximum absolute atomic E-state index is 4.27. The SMILES string of the molecule is CNC1CCC[N]C1. The monoisotopic (exact) mass is 113 g/mol. The zero-order valence-electron chi connectivity index (χ0n) is 5.35. The summed E-state index contributed by atoms with van der Waals surface area (Å²) in [5.74, 6) is 0. The van der Waals surface area contributed by atoms with Gasteiger partial charge in [0.25, 0.3) is 0 Å². The van der Waals surface area contributed by atoms with Crippen LogP contribution in [0.25, 0.3) is 0 Å². The van der Waals surface area contributed by atoms with Gasteiger partial charge in [-0.15, -0.1) is 0 Å². The topological polar surface area (TPSA) is 26.1 Å². The van der Waals surface area contributed by atoms with E-state index in [9.17, 15) is 0 Å². The Morgan fingerprint density at radius 3 is 2.88 bits per heavy atom. The number of rotatable bonds is 1. The number of hydrogen-bond acceptors (Lipinski definition) is 1. The first-order valence-corrected chi connectivity index (χ1v) is 3.24. The van der Waals surface area contributed by atoms with Crippen molar-refractivity contribution in [2.45, 2.75) is 18.9 Å². The third-order valence-electron chi connectivity index (χ3n) is 1.63. The molecule has 2 heteroatoms. The van der Waals surface area contributed by atoms with E-state index in [2.05, 4.69) is 10.6 Å². The summed E-state index contributed by atoms with van der Waals surface area (Å²) in [6, 6.07) is 0.670. The Balaban J connectivity index is 2.13. The Kier molecular flexibility index (Phi) is 2.30. The van der Waals surface area contributed by atoms with E-state index >= 15 is 0 Å². The smallest absolute Gasteiger partial charge is 0.0287 e. The molecule has 2 nitrogen and oxygen atoms in total. The lowest BCUT2D eigenvalue weighted by Gasteiger charge is -2.20. The van der Waals surface area contributed by atoms with Gasteiger partial charge >= 0.3 is 0 Å². The normalized spacial score (nSPS) is 30.4. The van der Waals surface area contributed by atoms with Crippen LogP contribution in [0, 0.1) is 0 Å². The van der Waals surface area contributed by atoms with Crippen LogP contribution in [0.4, 0.5) is 0 Å². The zero-order chi connectivity index (χ0) is 5.82. The molecule has 47 valence electrons. The van der Waals surface area contributed by atoms with Crippen molar-refractivity contribution < 1.29 is 0 Å². The van der Waals surface area contributed by atoms with Gasteiger partial charge in [-0.1, -0.05) is 0 Å². The quantitative estimate of drug-likeness (QED) is 0.508. The Hall–Kier alpha value is -0.0800. The van der Waals surface area contributed by atoms with E-state index in [1.54, 1.807) is 0 Å². The van der Waals surface area contributed by atoms with E-state index in [0.717, 1.165) is 13.1 Å². The minimum Gasteiger partial charge on any atom is -0.316 e. The van der Waals surface area contributed by atoms with Gasteiger partial charge in [0.15, 0.2) is 0 Å². The molecule has 1 aliphatic rings. The van der Waals surface area contributed by atoms with Crippen LogP contribution in [0.3, 0.4) is 0 Å². The van der Waals surface area contributed by atoms with Gasteiger partial charge in [0.2, 0.25) is 0 Å². The fourth-order valence-corrected chi connectivity index (χ4v) is 1.02. The number of nitrogens with one attached hydrogen (secondary N) is 1. The van der Waals surface area contributed by atoms with Crippen LogP contribution < -0.4 is 10.6 Å². The van der Waals surface area contributed by atoms with Crippen molar-refractivity contribution in [3.63, 3.8) is 0 Å². The molecule has 1 saturated heterocycles. The number of hydrogen-bond donors (Lipinski definition) is 1. The minimum atomic E-state index is 0.670. The lowest BCUT2D eigenvalue weighted by Crippen LogP contribution is -2.37. The molecule has 0 aliphatic carbocycles. The summed E-state index contributed by atoms with van der Waals surface area (Å²) in [4.78, 5) is 0. The summed E-state index contributed by atoms with van der Waals surface area (Å²) < 4.78 is 0. The third kappa shape index (κ3) is 1.46. The lowest BCUT2D eigenvalue weighted by molar-refractivity contribution is 0.406. The second kappa shape index (κ2) is 3.05. The summed E-state index contributed by atoms with van der Waals surface area (Å²) in [6.45, 7) is 2.11. The lowest BCUT2D eigenvalue weighted by atomic mass is 10.1. The van der Waals surface area contributed by atoms with Crippen molar-refractivity contribution in [2.24, 2.45) is 0 Å². The summed E-state index contributed by atoms with van der Waals surface area (Å²) in [7, 11) is 2.01. The highest BCUT2D eigenvalue weighted by Crippen LogP contribution is 2.00. The fourth-order valence-electron chi connectivity index (χ4n) is 1.02. The zero-order valence-corrected chi connectivity index (χ0v) is 5.35. The van der Waals surface area contributed by atoms with E-state index in [-0.39, 0.29) is 0 Å². The molecule has 1 radical (unpaired) electrons. The summed E-state index contributed by atoms with van der Waals surface area (Å²) in [6.07, 6.45) is 2.57. The van der Waals surface area contributed by atoms with E-state index in [4.69, 9.17) is 0 Å². The Labute approximate surface area is 50.7 Å². The van der Waals surface area contributed by atoms with Crippen molar-refractivity contribution in [2.75, 3.05) is 20.1 Å². The Morgan fingerprint density at radius 2 is 2.50 bits per heavy atom. The number of nitrogens with zero attached hydrogens (tertiary/aromatic N) is 1. The van der Waals surface area contributed by atoms with Gasteiger partial charge < -0.3 is 5.32 Å². The molecule has 1 rings (SSSR count). The second-order valence-electron chi connectivity index (χ2n) is 2.26. The molecule has 1 N–H and O–H groups in total. The van der Waals surface area contributed by atoms with Gasteiger partial charge in [0.1, 0.15) is 0 Å². The molecular formula is C6H13N2. The van der Waals surface area contributed by atoms with E-state index < -0.39 is 0 Å². The Bertz CT molecular complexity index is 57.5. The van der Waals surface area contributed by atoms with Crippen molar-refractivity contribution in [1.29, 1.82) is 0 Å². The minimum absolute atomic E-state index is 0.670. The van der Waals surface area contributed by atoms with E-state index in [1.165, 1.54) is 12.8 Å². The van der Waals surface area contributed by atoms with Crippen molar-refractivity contribution in [1.82, 2.24) is 10.6 Å².